The van der Waals surface area contributed by atoms with E-state index in [4.69, 9.17) is 46.1 Å². The molecule has 0 aliphatic carbocycles. The van der Waals surface area contributed by atoms with Gasteiger partial charge in [-0.2, -0.15) is 0 Å². The van der Waals surface area contributed by atoms with Crippen LogP contribution in [0.25, 0.3) is 0 Å². The zero-order chi connectivity index (χ0) is 14.2. The summed E-state index contributed by atoms with van der Waals surface area (Å²) in [7, 11) is 0. The number of nitrogens with two attached hydrogens (primary N) is 4. The second-order valence-corrected chi connectivity index (χ2v) is 5.01. The van der Waals surface area contributed by atoms with Crippen LogP contribution in [0.2, 0.25) is 10.0 Å². The van der Waals surface area contributed by atoms with Crippen molar-refractivity contribution >= 4 is 46.0 Å². The summed E-state index contributed by atoms with van der Waals surface area (Å²) < 4.78 is 0. The quantitative estimate of drug-likeness (QED) is 0.640. The van der Waals surface area contributed by atoms with Crippen LogP contribution in [-0.4, -0.2) is 0 Å². The molecule has 8 N–H and O–H groups in total. The Morgan fingerprint density at radius 1 is 0.632 bits per heavy atom. The molecule has 0 aliphatic heterocycles. The molecule has 0 saturated heterocycles. The van der Waals surface area contributed by atoms with Crippen molar-refractivity contribution in [1.82, 2.24) is 0 Å². The second kappa shape index (κ2) is 5.07. The summed E-state index contributed by atoms with van der Waals surface area (Å²) in [6.07, 6.45) is 0.380. The molecule has 2 aromatic carbocycles. The molecule has 2 aromatic rings. The third kappa shape index (κ3) is 2.50. The number of hydrogen-bond donors (Lipinski definition) is 4. The maximum absolute atomic E-state index is 6.17. The molecule has 100 valence electrons. The monoisotopic (exact) mass is 296 g/mol. The van der Waals surface area contributed by atoms with Crippen molar-refractivity contribution in [2.75, 3.05) is 22.9 Å². The molecule has 0 unspecified atom stereocenters. The molecular formula is C13H14Cl2N4. The van der Waals surface area contributed by atoms with Gasteiger partial charge >= 0.3 is 0 Å². The summed E-state index contributed by atoms with van der Waals surface area (Å²) in [5.74, 6) is 0. The highest BCUT2D eigenvalue weighted by Gasteiger charge is 2.14. The first kappa shape index (κ1) is 13.6. The van der Waals surface area contributed by atoms with Crippen LogP contribution in [0.5, 0.6) is 0 Å². The van der Waals surface area contributed by atoms with Crippen molar-refractivity contribution in [3.05, 3.63) is 45.4 Å². The van der Waals surface area contributed by atoms with Gasteiger partial charge in [0.2, 0.25) is 0 Å². The highest BCUT2D eigenvalue weighted by Crippen LogP contribution is 2.35. The number of halogens is 2. The molecule has 0 bridgehead atoms. The van der Waals surface area contributed by atoms with E-state index in [9.17, 15) is 0 Å². The Morgan fingerprint density at radius 3 is 1.32 bits per heavy atom. The minimum atomic E-state index is 0.380. The Labute approximate surface area is 121 Å². The lowest BCUT2D eigenvalue weighted by Gasteiger charge is -2.14. The summed E-state index contributed by atoms with van der Waals surface area (Å²) in [6.45, 7) is 0. The third-order valence-corrected chi connectivity index (χ3v) is 3.86. The second-order valence-electron chi connectivity index (χ2n) is 4.25. The molecule has 0 amide bonds. The average Bonchev–Trinajstić information content (AvgIpc) is 2.38. The summed E-state index contributed by atoms with van der Waals surface area (Å²) in [5.41, 5.74) is 26.8. The van der Waals surface area contributed by atoms with Crippen LogP contribution in [0, 0.1) is 0 Å². The van der Waals surface area contributed by atoms with Gasteiger partial charge in [-0.15, -0.1) is 0 Å². The molecule has 0 radical (unpaired) electrons. The van der Waals surface area contributed by atoms with Gasteiger partial charge in [0.1, 0.15) is 0 Å². The number of benzene rings is 2. The minimum absolute atomic E-state index is 0.380. The minimum Gasteiger partial charge on any atom is -0.398 e. The van der Waals surface area contributed by atoms with E-state index >= 15 is 0 Å². The Morgan fingerprint density at radius 2 is 0.947 bits per heavy atom. The lowest BCUT2D eigenvalue weighted by Crippen LogP contribution is -2.04. The molecule has 19 heavy (non-hydrogen) atoms. The van der Waals surface area contributed by atoms with Gasteiger partial charge in [-0.1, -0.05) is 23.2 Å². The molecule has 0 saturated carbocycles. The molecular weight excluding hydrogens is 283 g/mol. The topological polar surface area (TPSA) is 104 Å². The SMILES string of the molecule is Nc1ccc(N)c(Cc2c(N)ccc(N)c2Cl)c1Cl. The number of rotatable bonds is 2. The maximum atomic E-state index is 6.17. The number of hydrogen-bond acceptors (Lipinski definition) is 4. The van der Waals surface area contributed by atoms with Gasteiger partial charge < -0.3 is 22.9 Å². The molecule has 0 spiro atoms. The Kier molecular flexibility index (Phi) is 3.64. The predicted octanol–water partition coefficient (Wildman–Crippen LogP) is 2.91. The molecule has 2 rings (SSSR count). The van der Waals surface area contributed by atoms with E-state index in [1.54, 1.807) is 24.3 Å². The Hall–Kier alpha value is -1.78. The van der Waals surface area contributed by atoms with Crippen LogP contribution < -0.4 is 22.9 Å². The van der Waals surface area contributed by atoms with E-state index in [0.29, 0.717) is 50.3 Å². The van der Waals surface area contributed by atoms with E-state index < -0.39 is 0 Å². The van der Waals surface area contributed by atoms with Crippen molar-refractivity contribution in [3.63, 3.8) is 0 Å². The highest BCUT2D eigenvalue weighted by molar-refractivity contribution is 6.35. The Bertz CT molecular complexity index is 586. The summed E-state index contributed by atoms with van der Waals surface area (Å²) in [6, 6.07) is 6.72. The van der Waals surface area contributed by atoms with Crippen LogP contribution in [-0.2, 0) is 6.42 Å². The average molecular weight is 297 g/mol. The van der Waals surface area contributed by atoms with Gasteiger partial charge in [-0.25, -0.2) is 0 Å². The van der Waals surface area contributed by atoms with Crippen molar-refractivity contribution < 1.29 is 0 Å². The fraction of sp³-hybridized carbons (Fsp3) is 0.0769. The van der Waals surface area contributed by atoms with Crippen molar-refractivity contribution in [2.45, 2.75) is 6.42 Å². The summed E-state index contributed by atoms with van der Waals surface area (Å²) in [5, 5.41) is 0.829. The lowest BCUT2D eigenvalue weighted by atomic mass is 10.0. The van der Waals surface area contributed by atoms with E-state index in [0.717, 1.165) is 0 Å². The molecule has 0 heterocycles. The molecule has 4 nitrogen and oxygen atoms in total. The molecule has 0 fully saturated rings. The smallest absolute Gasteiger partial charge is 0.0691 e. The van der Waals surface area contributed by atoms with Gasteiger partial charge in [0.15, 0.2) is 0 Å². The predicted molar refractivity (Wildman–Crippen MR) is 83.4 cm³/mol. The fourth-order valence-corrected chi connectivity index (χ4v) is 2.32. The van der Waals surface area contributed by atoms with Crippen LogP contribution >= 0.6 is 23.2 Å². The normalized spacial score (nSPS) is 10.6. The summed E-state index contributed by atoms with van der Waals surface area (Å²) >= 11 is 12.3. The molecule has 0 atom stereocenters. The van der Waals surface area contributed by atoms with Gasteiger partial charge in [0, 0.05) is 28.9 Å². The van der Waals surface area contributed by atoms with Gasteiger partial charge in [0.25, 0.3) is 0 Å². The van der Waals surface area contributed by atoms with Crippen molar-refractivity contribution in [3.8, 4) is 0 Å². The first-order chi connectivity index (χ1) is 8.91. The lowest BCUT2D eigenvalue weighted by molar-refractivity contribution is 1.20. The first-order valence-electron chi connectivity index (χ1n) is 5.56. The Balaban J connectivity index is 2.54. The maximum Gasteiger partial charge on any atom is 0.0691 e. The fourth-order valence-electron chi connectivity index (χ4n) is 1.84. The van der Waals surface area contributed by atoms with Crippen LogP contribution in [0.4, 0.5) is 22.7 Å². The zero-order valence-electron chi connectivity index (χ0n) is 10.1. The standard InChI is InChI=1S/C13H14Cl2N4/c14-12-6(8(16)1-3-10(12)18)5-7-9(17)2-4-11(19)13(7)15/h1-4H,5,16-19H2. The third-order valence-electron chi connectivity index (χ3n) is 2.97. The summed E-state index contributed by atoms with van der Waals surface area (Å²) in [4.78, 5) is 0. The van der Waals surface area contributed by atoms with Gasteiger partial charge in [0.05, 0.1) is 21.4 Å². The van der Waals surface area contributed by atoms with E-state index in [1.165, 1.54) is 0 Å². The van der Waals surface area contributed by atoms with Crippen LogP contribution in [0.15, 0.2) is 24.3 Å². The molecule has 0 aromatic heterocycles. The van der Waals surface area contributed by atoms with E-state index in [1.807, 2.05) is 0 Å². The van der Waals surface area contributed by atoms with Gasteiger partial charge in [-0.05, 0) is 24.3 Å². The highest BCUT2D eigenvalue weighted by atomic mass is 35.5. The van der Waals surface area contributed by atoms with Crippen molar-refractivity contribution in [1.29, 1.82) is 0 Å². The van der Waals surface area contributed by atoms with Gasteiger partial charge in [-0.3, -0.25) is 0 Å². The van der Waals surface area contributed by atoms with Crippen molar-refractivity contribution in [2.24, 2.45) is 0 Å². The number of anilines is 4. The van der Waals surface area contributed by atoms with Crippen LogP contribution in [0.1, 0.15) is 11.1 Å². The molecule has 0 aliphatic rings. The first-order valence-corrected chi connectivity index (χ1v) is 6.32. The number of nitrogen functional groups attached to an aromatic ring is 4. The van der Waals surface area contributed by atoms with E-state index in [-0.39, 0.29) is 0 Å². The molecule has 6 heteroatoms. The van der Waals surface area contributed by atoms with E-state index in [2.05, 4.69) is 0 Å². The largest absolute Gasteiger partial charge is 0.398 e. The van der Waals surface area contributed by atoms with Crippen LogP contribution in [0.3, 0.4) is 0 Å². The zero-order valence-corrected chi connectivity index (χ0v) is 11.6.